The lowest BCUT2D eigenvalue weighted by molar-refractivity contribution is 0.278. The van der Waals surface area contributed by atoms with Crippen LogP contribution in [-0.2, 0) is 13.1 Å². The largest absolute Gasteiger partial charge is 0.293 e. The maximum atomic E-state index is 9.38. The molecule has 0 amide bonds. The van der Waals surface area contributed by atoms with E-state index in [0.29, 0.717) is 0 Å². The highest BCUT2D eigenvalue weighted by Crippen LogP contribution is 2.25. The van der Waals surface area contributed by atoms with E-state index in [9.17, 15) is 5.26 Å². The van der Waals surface area contributed by atoms with Crippen LogP contribution in [0.3, 0.4) is 0 Å². The van der Waals surface area contributed by atoms with Gasteiger partial charge in [0.1, 0.15) is 0 Å². The van der Waals surface area contributed by atoms with Gasteiger partial charge < -0.3 is 0 Å². The molecule has 2 heteroatoms. The van der Waals surface area contributed by atoms with E-state index in [4.69, 9.17) is 0 Å². The van der Waals surface area contributed by atoms with Crippen molar-refractivity contribution in [2.24, 2.45) is 0 Å². The van der Waals surface area contributed by atoms with Gasteiger partial charge in [-0.15, -0.1) is 0 Å². The van der Waals surface area contributed by atoms with E-state index >= 15 is 0 Å². The Balaban J connectivity index is 1.72. The molecule has 0 bridgehead atoms. The van der Waals surface area contributed by atoms with Crippen LogP contribution < -0.4 is 0 Å². The lowest BCUT2D eigenvalue weighted by atomic mass is 10.0. The quantitative estimate of drug-likeness (QED) is 0.833. The first-order valence-corrected chi connectivity index (χ1v) is 6.60. The van der Waals surface area contributed by atoms with Crippen LogP contribution in [0.15, 0.2) is 54.6 Å². The van der Waals surface area contributed by atoms with Crippen molar-refractivity contribution in [2.75, 3.05) is 6.54 Å². The van der Waals surface area contributed by atoms with Gasteiger partial charge in [-0.1, -0.05) is 54.6 Å². The first-order valence-electron chi connectivity index (χ1n) is 6.60. The Kier molecular flexibility index (Phi) is 3.31. The number of nitrogens with zero attached hydrogens (tertiary/aromatic N) is 2. The number of fused-ring (bicyclic) bond motifs is 1. The molecule has 1 heterocycles. The maximum Gasteiger partial charge on any atom is 0.0839 e. The van der Waals surface area contributed by atoms with Gasteiger partial charge in [-0.25, -0.2) is 0 Å². The fourth-order valence-corrected chi connectivity index (χ4v) is 2.70. The SMILES string of the molecule is N#CC(CN1Cc2ccccc2C1)c1ccccc1. The van der Waals surface area contributed by atoms with Gasteiger partial charge in [-0.3, -0.25) is 4.90 Å². The van der Waals surface area contributed by atoms with E-state index < -0.39 is 0 Å². The minimum absolute atomic E-state index is 0.0458. The molecule has 1 aliphatic heterocycles. The first-order chi connectivity index (χ1) is 9.36. The van der Waals surface area contributed by atoms with Gasteiger partial charge >= 0.3 is 0 Å². The molecule has 1 unspecified atom stereocenters. The van der Waals surface area contributed by atoms with Crippen LogP contribution in [0.2, 0.25) is 0 Å². The van der Waals surface area contributed by atoms with E-state index in [2.05, 4.69) is 35.2 Å². The van der Waals surface area contributed by atoms with Crippen molar-refractivity contribution < 1.29 is 0 Å². The second-order valence-corrected chi connectivity index (χ2v) is 5.03. The second kappa shape index (κ2) is 5.26. The Morgan fingerprint density at radius 3 is 2.11 bits per heavy atom. The lowest BCUT2D eigenvalue weighted by Crippen LogP contribution is -2.22. The predicted molar refractivity (Wildman–Crippen MR) is 75.4 cm³/mol. The number of hydrogen-bond donors (Lipinski definition) is 0. The maximum absolute atomic E-state index is 9.38. The minimum Gasteiger partial charge on any atom is -0.293 e. The summed E-state index contributed by atoms with van der Waals surface area (Å²) in [5, 5.41) is 9.38. The summed E-state index contributed by atoms with van der Waals surface area (Å²) in [7, 11) is 0. The van der Waals surface area contributed by atoms with Crippen molar-refractivity contribution in [3.63, 3.8) is 0 Å². The third kappa shape index (κ3) is 2.52. The van der Waals surface area contributed by atoms with Gasteiger partial charge in [-0.05, 0) is 16.7 Å². The molecule has 2 aromatic rings. The van der Waals surface area contributed by atoms with Crippen molar-refractivity contribution >= 4 is 0 Å². The van der Waals surface area contributed by atoms with E-state index in [1.54, 1.807) is 0 Å². The summed E-state index contributed by atoms with van der Waals surface area (Å²) in [5.41, 5.74) is 3.90. The monoisotopic (exact) mass is 248 g/mol. The average molecular weight is 248 g/mol. The number of hydrogen-bond acceptors (Lipinski definition) is 2. The van der Waals surface area contributed by atoms with Crippen LogP contribution in [0.1, 0.15) is 22.6 Å². The Hall–Kier alpha value is -2.11. The average Bonchev–Trinajstić information content (AvgIpc) is 2.88. The Morgan fingerprint density at radius 1 is 0.947 bits per heavy atom. The summed E-state index contributed by atoms with van der Waals surface area (Å²) in [6.45, 7) is 2.72. The number of rotatable bonds is 3. The van der Waals surface area contributed by atoms with Crippen LogP contribution in [0.4, 0.5) is 0 Å². The molecule has 2 nitrogen and oxygen atoms in total. The Morgan fingerprint density at radius 2 is 1.53 bits per heavy atom. The normalized spacial score (nSPS) is 15.7. The van der Waals surface area contributed by atoms with E-state index in [-0.39, 0.29) is 5.92 Å². The van der Waals surface area contributed by atoms with E-state index in [0.717, 1.165) is 25.2 Å². The topological polar surface area (TPSA) is 27.0 Å². The third-order valence-corrected chi connectivity index (χ3v) is 3.70. The smallest absolute Gasteiger partial charge is 0.0839 e. The van der Waals surface area contributed by atoms with Crippen molar-refractivity contribution in [1.82, 2.24) is 4.90 Å². The highest BCUT2D eigenvalue weighted by atomic mass is 15.1. The zero-order valence-electron chi connectivity index (χ0n) is 10.8. The zero-order chi connectivity index (χ0) is 13.1. The fourth-order valence-electron chi connectivity index (χ4n) is 2.70. The highest BCUT2D eigenvalue weighted by molar-refractivity contribution is 5.31. The van der Waals surface area contributed by atoms with Gasteiger partial charge in [0.25, 0.3) is 0 Å². The zero-order valence-corrected chi connectivity index (χ0v) is 10.8. The van der Waals surface area contributed by atoms with Gasteiger partial charge in [0, 0.05) is 19.6 Å². The molecule has 0 saturated heterocycles. The lowest BCUT2D eigenvalue weighted by Gasteiger charge is -2.18. The van der Waals surface area contributed by atoms with Crippen LogP contribution in [0.25, 0.3) is 0 Å². The molecule has 0 radical (unpaired) electrons. The molecule has 2 aromatic carbocycles. The fraction of sp³-hybridized carbons (Fsp3) is 0.235. The van der Waals surface area contributed by atoms with Crippen molar-refractivity contribution in [3.05, 3.63) is 71.3 Å². The summed E-state index contributed by atoms with van der Waals surface area (Å²) in [5.74, 6) is -0.0458. The molecule has 0 aromatic heterocycles. The minimum atomic E-state index is -0.0458. The van der Waals surface area contributed by atoms with Gasteiger partial charge in [0.2, 0.25) is 0 Å². The van der Waals surface area contributed by atoms with Gasteiger partial charge in [0.05, 0.1) is 12.0 Å². The number of benzene rings is 2. The van der Waals surface area contributed by atoms with Gasteiger partial charge in [-0.2, -0.15) is 5.26 Å². The molecular weight excluding hydrogens is 232 g/mol. The van der Waals surface area contributed by atoms with E-state index in [1.807, 2.05) is 30.3 Å². The molecule has 0 saturated carbocycles. The van der Waals surface area contributed by atoms with Crippen LogP contribution in [-0.4, -0.2) is 11.4 Å². The molecule has 94 valence electrons. The first kappa shape index (κ1) is 12.0. The predicted octanol–water partition coefficient (Wildman–Crippen LogP) is 3.31. The molecular formula is C17H16N2. The summed E-state index contributed by atoms with van der Waals surface area (Å²) in [6, 6.07) is 21.0. The van der Waals surface area contributed by atoms with Crippen LogP contribution >= 0.6 is 0 Å². The van der Waals surface area contributed by atoms with E-state index in [1.165, 1.54) is 11.1 Å². The molecule has 0 fully saturated rings. The van der Waals surface area contributed by atoms with Crippen LogP contribution in [0.5, 0.6) is 0 Å². The molecule has 19 heavy (non-hydrogen) atoms. The third-order valence-electron chi connectivity index (χ3n) is 3.70. The molecule has 3 rings (SSSR count). The second-order valence-electron chi connectivity index (χ2n) is 5.03. The molecule has 1 atom stereocenters. The Labute approximate surface area is 113 Å². The summed E-state index contributed by atoms with van der Waals surface area (Å²) < 4.78 is 0. The number of nitriles is 1. The summed E-state index contributed by atoms with van der Waals surface area (Å²) in [4.78, 5) is 2.35. The molecule has 0 N–H and O–H groups in total. The molecule has 0 aliphatic carbocycles. The van der Waals surface area contributed by atoms with Gasteiger partial charge in [0.15, 0.2) is 0 Å². The molecule has 0 spiro atoms. The summed E-state index contributed by atoms with van der Waals surface area (Å²) in [6.07, 6.45) is 0. The summed E-state index contributed by atoms with van der Waals surface area (Å²) >= 11 is 0. The Bertz CT molecular complexity index is 573. The van der Waals surface area contributed by atoms with Crippen LogP contribution in [0, 0.1) is 11.3 Å². The standard InChI is InChI=1S/C17H16N2/c18-10-17(14-6-2-1-3-7-14)13-19-11-15-8-4-5-9-16(15)12-19/h1-9,17H,11-13H2. The van der Waals surface area contributed by atoms with Crippen molar-refractivity contribution in [2.45, 2.75) is 19.0 Å². The highest BCUT2D eigenvalue weighted by Gasteiger charge is 2.22. The molecule has 1 aliphatic rings. The van der Waals surface area contributed by atoms with Crippen molar-refractivity contribution in [1.29, 1.82) is 5.26 Å². The van der Waals surface area contributed by atoms with Crippen molar-refractivity contribution in [3.8, 4) is 6.07 Å².